The molecule has 1 heterocycles. The number of allylic oxidation sites excluding steroid dienone is 1. The molecule has 3 heteroatoms. The number of hydrogen-bond acceptors (Lipinski definition) is 2. The first-order valence-electron chi connectivity index (χ1n) is 6.43. The van der Waals surface area contributed by atoms with Gasteiger partial charge in [0.25, 0.3) is 0 Å². The van der Waals surface area contributed by atoms with E-state index in [-0.39, 0.29) is 11.9 Å². The van der Waals surface area contributed by atoms with Crippen molar-refractivity contribution in [3.63, 3.8) is 0 Å². The smallest absolute Gasteiger partial charge is 0.129 e. The zero-order chi connectivity index (χ0) is 13.0. The number of rotatable bonds is 4. The van der Waals surface area contributed by atoms with Gasteiger partial charge in [-0.05, 0) is 49.5 Å². The van der Waals surface area contributed by atoms with Crippen LogP contribution in [0.1, 0.15) is 29.5 Å². The van der Waals surface area contributed by atoms with Crippen LogP contribution in [0.25, 0.3) is 0 Å². The average Bonchev–Trinajstić information content (AvgIpc) is 2.37. The minimum Gasteiger partial charge on any atom is -0.497 e. The fourth-order valence-electron chi connectivity index (χ4n) is 2.25. The van der Waals surface area contributed by atoms with Crippen LogP contribution in [-0.4, -0.2) is 12.6 Å². The van der Waals surface area contributed by atoms with Crippen molar-refractivity contribution in [3.05, 3.63) is 47.0 Å². The van der Waals surface area contributed by atoms with E-state index in [1.807, 2.05) is 18.2 Å². The molecule has 1 N–H and O–H groups in total. The second-order valence-corrected chi connectivity index (χ2v) is 4.88. The summed E-state index contributed by atoms with van der Waals surface area (Å²) >= 11 is 0. The van der Waals surface area contributed by atoms with Crippen LogP contribution in [0.4, 0.5) is 4.39 Å². The van der Waals surface area contributed by atoms with Gasteiger partial charge in [-0.2, -0.15) is 0 Å². The summed E-state index contributed by atoms with van der Waals surface area (Å²) in [5.41, 5.74) is 2.55. The Bertz CT molecular complexity index is 419. The third kappa shape index (κ3) is 3.33. The Morgan fingerprint density at radius 3 is 2.67 bits per heavy atom. The molecule has 1 atom stereocenters. The van der Waals surface area contributed by atoms with Crippen molar-refractivity contribution in [2.75, 3.05) is 6.54 Å². The minimum atomic E-state index is -0.0977. The molecule has 0 amide bonds. The Kier molecular flexibility index (Phi) is 4.37. The van der Waals surface area contributed by atoms with Gasteiger partial charge in [0.15, 0.2) is 0 Å². The predicted molar refractivity (Wildman–Crippen MR) is 70.8 cm³/mol. The Labute approximate surface area is 108 Å². The molecular formula is C15H20FNO. The van der Waals surface area contributed by atoms with Crippen molar-refractivity contribution in [2.45, 2.75) is 39.3 Å². The molecule has 2 nitrogen and oxygen atoms in total. The van der Waals surface area contributed by atoms with Crippen molar-refractivity contribution in [2.24, 2.45) is 0 Å². The van der Waals surface area contributed by atoms with E-state index >= 15 is 0 Å². The van der Waals surface area contributed by atoms with Gasteiger partial charge in [-0.25, -0.2) is 4.39 Å². The first kappa shape index (κ1) is 13.1. The molecular weight excluding hydrogens is 229 g/mol. The maximum absolute atomic E-state index is 13.5. The van der Waals surface area contributed by atoms with Gasteiger partial charge in [-0.15, -0.1) is 0 Å². The van der Waals surface area contributed by atoms with E-state index in [1.54, 1.807) is 20.1 Å². The summed E-state index contributed by atoms with van der Waals surface area (Å²) in [6, 6.07) is 3.80. The van der Waals surface area contributed by atoms with E-state index < -0.39 is 0 Å². The quantitative estimate of drug-likeness (QED) is 0.884. The highest BCUT2D eigenvalue weighted by Gasteiger charge is 2.10. The van der Waals surface area contributed by atoms with Crippen molar-refractivity contribution in [1.29, 1.82) is 0 Å². The molecule has 1 aromatic carbocycles. The predicted octanol–water partition coefficient (Wildman–Crippen LogP) is 3.22. The topological polar surface area (TPSA) is 21.3 Å². The highest BCUT2D eigenvalue weighted by atomic mass is 19.1. The summed E-state index contributed by atoms with van der Waals surface area (Å²) in [6.45, 7) is 5.20. The maximum atomic E-state index is 13.5. The third-order valence-corrected chi connectivity index (χ3v) is 3.22. The van der Waals surface area contributed by atoms with Gasteiger partial charge in [0.2, 0.25) is 0 Å². The van der Waals surface area contributed by atoms with Crippen LogP contribution in [0.15, 0.2) is 24.5 Å². The maximum Gasteiger partial charge on any atom is 0.129 e. The first-order chi connectivity index (χ1) is 8.66. The van der Waals surface area contributed by atoms with E-state index in [2.05, 4.69) is 5.32 Å². The van der Waals surface area contributed by atoms with Crippen LogP contribution in [-0.2, 0) is 11.3 Å². The molecule has 0 saturated carbocycles. The molecule has 2 rings (SSSR count). The molecule has 0 radical (unpaired) electrons. The van der Waals surface area contributed by atoms with Gasteiger partial charge in [-0.1, -0.05) is 12.1 Å². The Morgan fingerprint density at radius 1 is 1.33 bits per heavy atom. The van der Waals surface area contributed by atoms with Crippen LogP contribution in [0, 0.1) is 19.7 Å². The van der Waals surface area contributed by atoms with Crippen LogP contribution in [0.2, 0.25) is 0 Å². The average molecular weight is 249 g/mol. The van der Waals surface area contributed by atoms with Gasteiger partial charge in [-0.3, -0.25) is 0 Å². The molecule has 1 aromatic rings. The lowest BCUT2D eigenvalue weighted by Crippen LogP contribution is -2.28. The minimum absolute atomic E-state index is 0.0977. The lowest BCUT2D eigenvalue weighted by molar-refractivity contribution is 0.122. The first-order valence-corrected chi connectivity index (χ1v) is 6.43. The normalized spacial score (nSPS) is 18.7. The molecule has 18 heavy (non-hydrogen) atoms. The van der Waals surface area contributed by atoms with Crippen molar-refractivity contribution in [3.8, 4) is 0 Å². The largest absolute Gasteiger partial charge is 0.497 e. The second-order valence-electron chi connectivity index (χ2n) is 4.88. The summed E-state index contributed by atoms with van der Waals surface area (Å²) in [7, 11) is 0. The fourth-order valence-corrected chi connectivity index (χ4v) is 2.25. The molecule has 0 spiro atoms. The summed E-state index contributed by atoms with van der Waals surface area (Å²) in [5, 5.41) is 3.36. The number of aryl methyl sites for hydroxylation is 2. The lowest BCUT2D eigenvalue weighted by Gasteiger charge is -2.19. The summed E-state index contributed by atoms with van der Waals surface area (Å²) in [5.74, 6) is -0.0977. The third-order valence-electron chi connectivity index (χ3n) is 3.22. The van der Waals surface area contributed by atoms with Crippen molar-refractivity contribution in [1.82, 2.24) is 5.32 Å². The highest BCUT2D eigenvalue weighted by Crippen LogP contribution is 2.15. The summed E-state index contributed by atoms with van der Waals surface area (Å²) in [6.07, 6.45) is 6.23. The highest BCUT2D eigenvalue weighted by molar-refractivity contribution is 5.30. The van der Waals surface area contributed by atoms with Crippen LogP contribution in [0.5, 0.6) is 0 Å². The van der Waals surface area contributed by atoms with E-state index in [4.69, 9.17) is 4.74 Å². The number of nitrogens with one attached hydrogen (secondary N) is 1. The van der Waals surface area contributed by atoms with Crippen LogP contribution >= 0.6 is 0 Å². The van der Waals surface area contributed by atoms with Gasteiger partial charge >= 0.3 is 0 Å². The van der Waals surface area contributed by atoms with Crippen LogP contribution < -0.4 is 5.32 Å². The fraction of sp³-hybridized carbons (Fsp3) is 0.467. The van der Waals surface area contributed by atoms with Gasteiger partial charge in [0.05, 0.1) is 6.26 Å². The molecule has 1 unspecified atom stereocenters. The van der Waals surface area contributed by atoms with Gasteiger partial charge in [0.1, 0.15) is 11.9 Å². The van der Waals surface area contributed by atoms with E-state index in [1.165, 1.54) is 0 Å². The Balaban J connectivity index is 1.84. The molecule has 1 aliphatic rings. The molecule has 0 fully saturated rings. The van der Waals surface area contributed by atoms with E-state index in [0.29, 0.717) is 11.1 Å². The monoisotopic (exact) mass is 249 g/mol. The molecule has 0 bridgehead atoms. The van der Waals surface area contributed by atoms with Gasteiger partial charge in [0, 0.05) is 13.1 Å². The van der Waals surface area contributed by atoms with Gasteiger partial charge < -0.3 is 10.1 Å². The Hall–Kier alpha value is -1.35. The lowest BCUT2D eigenvalue weighted by atomic mass is 10.1. The zero-order valence-corrected chi connectivity index (χ0v) is 11.0. The molecule has 1 aliphatic heterocycles. The summed E-state index contributed by atoms with van der Waals surface area (Å²) in [4.78, 5) is 0. The Morgan fingerprint density at radius 2 is 2.06 bits per heavy atom. The molecule has 98 valence electrons. The zero-order valence-electron chi connectivity index (χ0n) is 11.0. The van der Waals surface area contributed by atoms with Crippen LogP contribution in [0.3, 0.4) is 0 Å². The summed E-state index contributed by atoms with van der Waals surface area (Å²) < 4.78 is 19.0. The molecule has 0 aliphatic carbocycles. The van der Waals surface area contributed by atoms with Crippen molar-refractivity contribution < 1.29 is 9.13 Å². The standard InChI is InChI=1S/C15H20FNO/c1-11-7-13(8-12(2)15(11)16)9-17-10-14-5-3-4-6-18-14/h4,6-8,14,17H,3,5,9-10H2,1-2H3. The number of ether oxygens (including phenoxy) is 1. The number of benzene rings is 1. The molecule has 0 aromatic heterocycles. The van der Waals surface area contributed by atoms with E-state index in [9.17, 15) is 4.39 Å². The number of hydrogen-bond donors (Lipinski definition) is 1. The SMILES string of the molecule is Cc1cc(CNCC2CCC=CO2)cc(C)c1F. The molecule has 0 saturated heterocycles. The number of halogens is 1. The van der Waals surface area contributed by atoms with E-state index in [0.717, 1.165) is 31.5 Å². The second kappa shape index (κ2) is 6.01. The van der Waals surface area contributed by atoms with Crippen molar-refractivity contribution >= 4 is 0 Å².